The minimum Gasteiger partial charge on any atom is -0.494 e. The number of nitrogens with one attached hydrogen (secondary N) is 2. The number of halogens is 1. The lowest BCUT2D eigenvalue weighted by atomic mass is 10.0. The van der Waals surface area contributed by atoms with Gasteiger partial charge in [0.25, 0.3) is 0 Å². The molecule has 1 aliphatic rings. The molecule has 1 aromatic heterocycles. The molecule has 1 amide bonds. The van der Waals surface area contributed by atoms with Crippen molar-refractivity contribution in [2.24, 2.45) is 0 Å². The first-order valence-corrected chi connectivity index (χ1v) is 12.1. The highest BCUT2D eigenvalue weighted by Gasteiger charge is 2.38. The molecule has 9 heteroatoms. The summed E-state index contributed by atoms with van der Waals surface area (Å²) in [7, 11) is 0. The van der Waals surface area contributed by atoms with Gasteiger partial charge in [-0.15, -0.1) is 10.2 Å². The van der Waals surface area contributed by atoms with Crippen LogP contribution >= 0.6 is 23.4 Å². The number of anilines is 1. The molecule has 0 bridgehead atoms. The first kappa shape index (κ1) is 22.3. The average Bonchev–Trinajstić information content (AvgIpc) is 3.29. The Balaban J connectivity index is 1.51. The van der Waals surface area contributed by atoms with Crippen molar-refractivity contribution in [2.75, 3.05) is 17.3 Å². The van der Waals surface area contributed by atoms with Crippen LogP contribution in [0.1, 0.15) is 18.5 Å². The summed E-state index contributed by atoms with van der Waals surface area (Å²) in [4.78, 5) is 13.4. The number of nitrogens with zero attached hydrogens (tertiary/aromatic N) is 3. The van der Waals surface area contributed by atoms with Gasteiger partial charge in [0.1, 0.15) is 11.0 Å². The Kier molecular flexibility index (Phi) is 6.42. The van der Waals surface area contributed by atoms with E-state index in [0.717, 1.165) is 16.9 Å². The zero-order valence-corrected chi connectivity index (χ0v) is 19.9. The van der Waals surface area contributed by atoms with Crippen LogP contribution in [-0.2, 0) is 4.79 Å². The molecule has 5 rings (SSSR count). The van der Waals surface area contributed by atoms with E-state index in [9.17, 15) is 4.79 Å². The lowest BCUT2D eigenvalue weighted by Gasteiger charge is -2.33. The van der Waals surface area contributed by atoms with E-state index in [1.54, 1.807) is 12.1 Å². The maximum atomic E-state index is 13.4. The van der Waals surface area contributed by atoms with Gasteiger partial charge in [0.2, 0.25) is 11.1 Å². The lowest BCUT2D eigenvalue weighted by Crippen LogP contribution is -2.41. The molecule has 0 fully saturated rings. The Morgan fingerprint density at radius 2 is 1.79 bits per heavy atom. The molecule has 2 atom stereocenters. The molecule has 0 saturated carbocycles. The largest absolute Gasteiger partial charge is 0.494 e. The molecule has 0 aliphatic carbocycles. The van der Waals surface area contributed by atoms with Crippen molar-refractivity contribution in [3.63, 3.8) is 0 Å². The fourth-order valence-electron chi connectivity index (χ4n) is 3.78. The van der Waals surface area contributed by atoms with Crippen molar-refractivity contribution in [2.45, 2.75) is 23.4 Å². The molecule has 0 radical (unpaired) electrons. The van der Waals surface area contributed by atoms with E-state index < -0.39 is 5.25 Å². The van der Waals surface area contributed by atoms with Crippen LogP contribution in [-0.4, -0.2) is 32.6 Å². The van der Waals surface area contributed by atoms with Crippen molar-refractivity contribution >= 4 is 35.0 Å². The normalized spacial score (nSPS) is 16.9. The summed E-state index contributed by atoms with van der Waals surface area (Å²) < 4.78 is 7.44. The predicted octanol–water partition coefficient (Wildman–Crippen LogP) is 5.40. The Morgan fingerprint density at radius 1 is 1.06 bits per heavy atom. The molecule has 0 spiro atoms. The molecule has 2 heterocycles. The Morgan fingerprint density at radius 3 is 2.53 bits per heavy atom. The number of thioether (sulfide) groups is 1. The van der Waals surface area contributed by atoms with Crippen molar-refractivity contribution in [3.05, 3.63) is 89.4 Å². The predicted molar refractivity (Wildman–Crippen MR) is 135 cm³/mol. The second kappa shape index (κ2) is 9.79. The number of benzene rings is 3. The van der Waals surface area contributed by atoms with Gasteiger partial charge in [-0.3, -0.25) is 4.79 Å². The standard InChI is InChI=1S/C25H22ClN5O2S/c1-2-33-18-14-12-16(13-15-18)21-22(24(32)27-20-11-7-6-10-19(20)26)34-25-29-28-23(31(25)30-21)17-8-4-3-5-9-17/h3-15,21-22,30H,2H2,1H3,(H,27,32)/t21-,22+/m1/s1. The quantitative estimate of drug-likeness (QED) is 0.376. The van der Waals surface area contributed by atoms with Crippen molar-refractivity contribution in [1.29, 1.82) is 0 Å². The zero-order chi connectivity index (χ0) is 23.5. The second-order valence-electron chi connectivity index (χ2n) is 7.62. The van der Waals surface area contributed by atoms with Gasteiger partial charge in [-0.25, -0.2) is 4.68 Å². The van der Waals surface area contributed by atoms with E-state index in [1.165, 1.54) is 11.8 Å². The maximum absolute atomic E-state index is 13.4. The van der Waals surface area contributed by atoms with Crippen LogP contribution in [0.25, 0.3) is 11.4 Å². The minimum absolute atomic E-state index is 0.181. The van der Waals surface area contributed by atoms with Gasteiger partial charge < -0.3 is 15.5 Å². The molecule has 1 aliphatic heterocycles. The van der Waals surface area contributed by atoms with E-state index in [0.29, 0.717) is 28.3 Å². The minimum atomic E-state index is -0.519. The summed E-state index contributed by atoms with van der Waals surface area (Å²) >= 11 is 7.65. The highest BCUT2D eigenvalue weighted by atomic mass is 35.5. The molecule has 3 aromatic carbocycles. The maximum Gasteiger partial charge on any atom is 0.240 e. The summed E-state index contributed by atoms with van der Waals surface area (Å²) in [5.74, 6) is 1.28. The van der Waals surface area contributed by atoms with E-state index >= 15 is 0 Å². The number of fused-ring (bicyclic) bond motifs is 1. The molecular weight excluding hydrogens is 470 g/mol. The smallest absolute Gasteiger partial charge is 0.240 e. The number of rotatable bonds is 6. The number of ether oxygens (including phenoxy) is 1. The molecule has 2 N–H and O–H groups in total. The molecule has 0 unspecified atom stereocenters. The number of para-hydroxylation sites is 1. The number of carbonyl (C=O) groups excluding carboxylic acids is 1. The lowest BCUT2D eigenvalue weighted by molar-refractivity contribution is -0.116. The molecular formula is C25H22ClN5O2S. The van der Waals surface area contributed by atoms with Crippen LogP contribution in [0.15, 0.2) is 84.0 Å². The van der Waals surface area contributed by atoms with Gasteiger partial charge in [0.05, 0.1) is 23.4 Å². The summed E-state index contributed by atoms with van der Waals surface area (Å²) in [6.45, 7) is 2.53. The van der Waals surface area contributed by atoms with Crippen molar-refractivity contribution in [1.82, 2.24) is 14.9 Å². The first-order valence-electron chi connectivity index (χ1n) is 10.9. The third-order valence-corrected chi connectivity index (χ3v) is 6.95. The Labute approximate surface area is 206 Å². The van der Waals surface area contributed by atoms with Gasteiger partial charge in [-0.05, 0) is 36.8 Å². The Hall–Kier alpha value is -3.49. The number of aromatic nitrogens is 3. The highest BCUT2D eigenvalue weighted by Crippen LogP contribution is 2.39. The van der Waals surface area contributed by atoms with Crippen LogP contribution in [0.4, 0.5) is 5.69 Å². The average molecular weight is 492 g/mol. The van der Waals surface area contributed by atoms with Crippen molar-refractivity contribution in [3.8, 4) is 17.1 Å². The van der Waals surface area contributed by atoms with E-state index in [1.807, 2.05) is 78.3 Å². The summed E-state index contributed by atoms with van der Waals surface area (Å²) in [6, 6.07) is 24.4. The number of carbonyl (C=O) groups is 1. The third-order valence-electron chi connectivity index (χ3n) is 5.41. The van der Waals surface area contributed by atoms with Crippen molar-refractivity contribution < 1.29 is 9.53 Å². The van der Waals surface area contributed by atoms with Gasteiger partial charge in [0.15, 0.2) is 5.82 Å². The topological polar surface area (TPSA) is 81.1 Å². The van der Waals surface area contributed by atoms with Crippen LogP contribution in [0.3, 0.4) is 0 Å². The van der Waals surface area contributed by atoms with Gasteiger partial charge in [0, 0.05) is 5.56 Å². The van der Waals surface area contributed by atoms with Crippen LogP contribution in [0.5, 0.6) is 5.75 Å². The number of amides is 1. The van der Waals surface area contributed by atoms with Gasteiger partial charge in [-0.2, -0.15) is 0 Å². The van der Waals surface area contributed by atoms with Crippen LogP contribution in [0, 0.1) is 0 Å². The number of hydrogen-bond donors (Lipinski definition) is 2. The summed E-state index contributed by atoms with van der Waals surface area (Å²) in [5.41, 5.74) is 5.91. The summed E-state index contributed by atoms with van der Waals surface area (Å²) in [6.07, 6.45) is 0. The zero-order valence-electron chi connectivity index (χ0n) is 18.3. The monoisotopic (exact) mass is 491 g/mol. The molecule has 4 aromatic rings. The van der Waals surface area contributed by atoms with Crippen LogP contribution in [0.2, 0.25) is 5.02 Å². The van der Waals surface area contributed by atoms with Crippen LogP contribution < -0.4 is 15.5 Å². The molecule has 7 nitrogen and oxygen atoms in total. The second-order valence-corrected chi connectivity index (χ2v) is 9.14. The number of hydrogen-bond acceptors (Lipinski definition) is 6. The fourth-order valence-corrected chi connectivity index (χ4v) is 5.05. The van der Waals surface area contributed by atoms with Gasteiger partial charge >= 0.3 is 0 Å². The SMILES string of the molecule is CCOc1ccc([C@H]2Nn3c(nnc3-c3ccccc3)S[C@@H]2C(=O)Nc2ccccc2Cl)cc1. The highest BCUT2D eigenvalue weighted by molar-refractivity contribution is 8.00. The van der Waals surface area contributed by atoms with E-state index in [2.05, 4.69) is 20.9 Å². The fraction of sp³-hybridized carbons (Fsp3) is 0.160. The third kappa shape index (κ3) is 4.47. The molecule has 34 heavy (non-hydrogen) atoms. The first-order chi connectivity index (χ1) is 16.6. The molecule has 0 saturated heterocycles. The van der Waals surface area contributed by atoms with Gasteiger partial charge in [-0.1, -0.05) is 78.0 Å². The van der Waals surface area contributed by atoms with E-state index in [4.69, 9.17) is 16.3 Å². The van der Waals surface area contributed by atoms with E-state index in [-0.39, 0.29) is 11.9 Å². The Bertz CT molecular complexity index is 1300. The summed E-state index contributed by atoms with van der Waals surface area (Å²) in [5, 5.41) is 12.3. The molecule has 172 valence electrons.